The summed E-state index contributed by atoms with van der Waals surface area (Å²) in [4.78, 5) is 163. The molecule has 4 aliphatic rings. The highest BCUT2D eigenvalue weighted by Gasteiger charge is 2.38. The molecule has 8 heterocycles. The summed E-state index contributed by atoms with van der Waals surface area (Å²) < 4.78 is 10.1. The first-order chi connectivity index (χ1) is 34.7. The van der Waals surface area contributed by atoms with Crippen LogP contribution in [0.4, 0.5) is 11.4 Å². The second-order valence-electron chi connectivity index (χ2n) is 18.3. The number of fused-ring (bicyclic) bond motifs is 8. The average Bonchev–Trinajstić information content (AvgIpc) is 3.82. The van der Waals surface area contributed by atoms with Gasteiger partial charge in [-0.25, -0.2) is 29.0 Å². The van der Waals surface area contributed by atoms with Crippen LogP contribution in [0, 0.1) is 0 Å². The first-order valence-corrected chi connectivity index (χ1v) is 24.3. The molecule has 0 saturated carbocycles. The summed E-state index contributed by atoms with van der Waals surface area (Å²) >= 11 is 0. The van der Waals surface area contributed by atoms with Gasteiger partial charge >= 0.3 is 22.8 Å². The third kappa shape index (κ3) is 9.38. The number of carbonyl (C=O) groups is 4. The van der Waals surface area contributed by atoms with Crippen molar-refractivity contribution in [3.63, 3.8) is 0 Å². The molecule has 0 atom stereocenters. The summed E-state index contributed by atoms with van der Waals surface area (Å²) in [5.74, 6) is -3.23. The molecule has 0 radical (unpaired) electrons. The molecule has 8 bridgehead atoms. The van der Waals surface area contributed by atoms with Gasteiger partial charge in [0, 0.05) is 101 Å². The topological polar surface area (TPSA) is 251 Å². The lowest BCUT2D eigenvalue weighted by Gasteiger charge is -2.19. The number of amides is 4. The highest BCUT2D eigenvalue weighted by Crippen LogP contribution is 2.32. The number of rotatable bonds is 4. The van der Waals surface area contributed by atoms with Crippen LogP contribution in [0.25, 0.3) is 11.1 Å². The first kappa shape index (κ1) is 48.7. The summed E-state index contributed by atoms with van der Waals surface area (Å²) in [5.41, 5.74) is -4.91. The van der Waals surface area contributed by atoms with Crippen molar-refractivity contribution in [2.45, 2.75) is 129 Å². The number of aromatic nitrogens is 8. The van der Waals surface area contributed by atoms with Crippen LogP contribution < -0.4 is 54.8 Å². The van der Waals surface area contributed by atoms with Crippen molar-refractivity contribution in [1.82, 2.24) is 36.5 Å². The number of hydrogen-bond donors (Lipinski definition) is 0. The number of anilines is 2. The largest absolute Gasteiger partial charge is 0.330 e. The van der Waals surface area contributed by atoms with Crippen LogP contribution in [0.5, 0.6) is 0 Å². The van der Waals surface area contributed by atoms with E-state index in [0.717, 1.165) is 31.1 Å². The van der Waals surface area contributed by atoms with Gasteiger partial charge in [0.15, 0.2) is 0 Å². The first-order valence-electron chi connectivity index (χ1n) is 24.3. The molecule has 22 heteroatoms. The average molecular weight is 985 g/mol. The van der Waals surface area contributed by atoms with Gasteiger partial charge in [0.2, 0.25) is 0 Å². The Balaban J connectivity index is 0.919. The lowest BCUT2D eigenvalue weighted by Crippen LogP contribution is -2.42. The smallest absolute Gasteiger partial charge is 0.300 e. The Bertz CT molecular complexity index is 3380. The Hall–Kier alpha value is -8.30. The minimum absolute atomic E-state index is 0.0172. The zero-order valence-electron chi connectivity index (χ0n) is 39.4. The van der Waals surface area contributed by atoms with Gasteiger partial charge in [-0.1, -0.05) is 0 Å². The molecule has 9 rings (SSSR count). The second kappa shape index (κ2) is 20.6. The van der Waals surface area contributed by atoms with E-state index < -0.39 is 57.2 Å². The normalized spacial score (nSPS) is 17.6. The number of imide groups is 2. The van der Waals surface area contributed by atoms with Crippen molar-refractivity contribution in [3.05, 3.63) is 168 Å². The van der Waals surface area contributed by atoms with Crippen LogP contribution in [0.2, 0.25) is 0 Å². The van der Waals surface area contributed by atoms with Crippen LogP contribution in [0.3, 0.4) is 0 Å². The molecule has 374 valence electrons. The lowest BCUT2D eigenvalue weighted by atomic mass is 10.1. The molecule has 0 N–H and O–H groups in total. The predicted octanol–water partition coefficient (Wildman–Crippen LogP) is 1.00. The van der Waals surface area contributed by atoms with Crippen molar-refractivity contribution >= 4 is 46.1 Å². The van der Waals surface area contributed by atoms with Gasteiger partial charge in [0.25, 0.3) is 45.9 Å². The SMILES string of the molecule is O=C1C=C(c2cn3c(=O)n(c2=O)CCCCCn2c(=O)ccn(c2=O)CCCCC3)C(=O)N1c1ccc(N2C(=O)C=C(c3cn4c(=O)n(c3=O)CCCCCn3c(=O)ccn(c3=O)CCCCC4)C2=O)cc1. The Morgan fingerprint density at radius 2 is 0.625 bits per heavy atom. The number of carbonyl (C=O) groups excluding carboxylic acids is 4. The fourth-order valence-corrected chi connectivity index (χ4v) is 9.74. The van der Waals surface area contributed by atoms with E-state index in [4.69, 9.17) is 0 Å². The van der Waals surface area contributed by atoms with E-state index in [1.165, 1.54) is 88.6 Å². The van der Waals surface area contributed by atoms with Crippen LogP contribution in [0.15, 0.2) is 112 Å². The zero-order valence-corrected chi connectivity index (χ0v) is 39.4. The molecule has 0 fully saturated rings. The molecule has 1 aromatic carbocycles. The van der Waals surface area contributed by atoms with Crippen LogP contribution in [-0.4, -0.2) is 60.2 Å². The molecule has 5 aromatic rings. The zero-order chi connectivity index (χ0) is 50.8. The van der Waals surface area contributed by atoms with Crippen LogP contribution in [-0.2, 0) is 71.5 Å². The molecular formula is C50H52N10O12. The highest BCUT2D eigenvalue weighted by molar-refractivity contribution is 6.44. The van der Waals surface area contributed by atoms with Crippen molar-refractivity contribution in [2.24, 2.45) is 0 Å². The van der Waals surface area contributed by atoms with Crippen molar-refractivity contribution in [3.8, 4) is 0 Å². The van der Waals surface area contributed by atoms with E-state index in [0.29, 0.717) is 90.1 Å². The molecule has 0 unspecified atom stereocenters. The summed E-state index contributed by atoms with van der Waals surface area (Å²) in [7, 11) is 0. The van der Waals surface area contributed by atoms with Gasteiger partial charge in [0.1, 0.15) is 0 Å². The predicted molar refractivity (Wildman–Crippen MR) is 263 cm³/mol. The summed E-state index contributed by atoms with van der Waals surface area (Å²) in [6.07, 6.45) is 13.3. The fourth-order valence-electron chi connectivity index (χ4n) is 9.74. The summed E-state index contributed by atoms with van der Waals surface area (Å²) in [6.45, 7) is 1.37. The van der Waals surface area contributed by atoms with E-state index in [9.17, 15) is 57.5 Å². The van der Waals surface area contributed by atoms with E-state index in [1.807, 2.05) is 0 Å². The van der Waals surface area contributed by atoms with Gasteiger partial charge in [-0.3, -0.25) is 65.8 Å². The monoisotopic (exact) mass is 984 g/mol. The molecule has 0 spiro atoms. The van der Waals surface area contributed by atoms with E-state index in [-0.39, 0.29) is 84.3 Å². The van der Waals surface area contributed by atoms with Crippen molar-refractivity contribution < 1.29 is 19.2 Å². The lowest BCUT2D eigenvalue weighted by molar-refractivity contribution is -0.121. The maximum atomic E-state index is 14.1. The third-order valence-corrected chi connectivity index (χ3v) is 13.7. The quantitative estimate of drug-likeness (QED) is 0.229. The molecule has 0 saturated heterocycles. The van der Waals surface area contributed by atoms with E-state index >= 15 is 0 Å². The van der Waals surface area contributed by atoms with E-state index in [1.54, 1.807) is 0 Å². The van der Waals surface area contributed by atoms with E-state index in [2.05, 4.69) is 0 Å². The van der Waals surface area contributed by atoms with Gasteiger partial charge in [-0.2, -0.15) is 0 Å². The second-order valence-corrected chi connectivity index (χ2v) is 18.3. The molecule has 4 amide bonds. The Labute approximate surface area is 407 Å². The van der Waals surface area contributed by atoms with Gasteiger partial charge in [-0.15, -0.1) is 0 Å². The summed E-state index contributed by atoms with van der Waals surface area (Å²) in [6, 6.07) is 8.13. The number of hydrogen-bond acceptors (Lipinski definition) is 12. The van der Waals surface area contributed by atoms with Crippen molar-refractivity contribution in [2.75, 3.05) is 9.80 Å². The van der Waals surface area contributed by atoms with Gasteiger partial charge in [0.05, 0.1) is 33.6 Å². The molecular weight excluding hydrogens is 933 g/mol. The number of aryl methyl sites for hydroxylation is 4. The molecule has 0 aliphatic carbocycles. The third-order valence-electron chi connectivity index (χ3n) is 13.7. The Morgan fingerprint density at radius 3 is 0.986 bits per heavy atom. The fraction of sp³-hybridized carbons (Fsp3) is 0.400. The minimum atomic E-state index is -0.840. The standard InChI is InChI=1S/C50H52N10O12/c61-39-17-27-51-19-5-1-7-21-53-31-37(43(65)57(49(53)71)25-11-3-9-23-55(39)47(51)69)35-29-41(63)59(45(35)67)33-13-15-34(16-14-33)60-42(64)30-36(46(60)68)38-32-54-22-8-2-6-20-52-28-18-40(62)56(48(52)70)24-10-4-12-26-58(44(38)66)50(54)72/h13-18,27-32H,1-12,19-26H2. The molecule has 4 aliphatic heterocycles. The minimum Gasteiger partial charge on any atom is -0.300 e. The molecule has 4 aromatic heterocycles. The van der Waals surface area contributed by atoms with Gasteiger partial charge in [-0.05, 0) is 101 Å². The van der Waals surface area contributed by atoms with Gasteiger partial charge < -0.3 is 9.13 Å². The Morgan fingerprint density at radius 1 is 0.319 bits per heavy atom. The summed E-state index contributed by atoms with van der Waals surface area (Å²) in [5, 5.41) is 0. The highest BCUT2D eigenvalue weighted by atomic mass is 16.2. The maximum Gasteiger partial charge on any atom is 0.330 e. The van der Waals surface area contributed by atoms with Crippen LogP contribution >= 0.6 is 0 Å². The van der Waals surface area contributed by atoms with Crippen molar-refractivity contribution in [1.29, 1.82) is 0 Å². The maximum absolute atomic E-state index is 14.1. The number of benzene rings is 1. The van der Waals surface area contributed by atoms with Crippen LogP contribution in [0.1, 0.15) is 88.2 Å². The Kier molecular flexibility index (Phi) is 13.9. The number of nitrogens with zero attached hydrogens (tertiary/aromatic N) is 10. The molecule has 72 heavy (non-hydrogen) atoms. The molecule has 22 nitrogen and oxygen atoms in total.